The van der Waals surface area contributed by atoms with Gasteiger partial charge in [-0.05, 0) is 43.2 Å². The van der Waals surface area contributed by atoms with Crippen LogP contribution < -0.4 is 4.90 Å². The molecule has 2 aromatic carbocycles. The van der Waals surface area contributed by atoms with Crippen molar-refractivity contribution in [1.82, 2.24) is 9.21 Å². The smallest absolute Gasteiger partial charge is 0.243 e. The molecule has 8 heteroatoms. The van der Waals surface area contributed by atoms with Crippen molar-refractivity contribution in [3.63, 3.8) is 0 Å². The topological polar surface area (TPSA) is 60.9 Å². The molecule has 2 aromatic rings. The van der Waals surface area contributed by atoms with E-state index in [1.807, 2.05) is 29.2 Å². The van der Waals surface area contributed by atoms with Crippen molar-refractivity contribution in [3.8, 4) is 0 Å². The number of piperazine rings is 1. The molecule has 2 fully saturated rings. The Bertz CT molecular complexity index is 992. The zero-order chi connectivity index (χ0) is 21.1. The maximum Gasteiger partial charge on any atom is 0.243 e. The van der Waals surface area contributed by atoms with Gasteiger partial charge >= 0.3 is 0 Å². The van der Waals surface area contributed by atoms with Gasteiger partial charge in [-0.1, -0.05) is 35.9 Å². The lowest BCUT2D eigenvalue weighted by Gasteiger charge is -2.39. The summed E-state index contributed by atoms with van der Waals surface area (Å²) in [6, 6.07) is 16.2. The fraction of sp³-hybridized carbons (Fsp3) is 0.409. The van der Waals surface area contributed by atoms with Gasteiger partial charge in [0.05, 0.1) is 10.8 Å². The molecule has 1 amide bonds. The first-order valence-electron chi connectivity index (χ1n) is 10.3. The third kappa shape index (κ3) is 4.48. The Kier molecular flexibility index (Phi) is 6.32. The second-order valence-electron chi connectivity index (χ2n) is 7.81. The summed E-state index contributed by atoms with van der Waals surface area (Å²) in [7, 11) is -3.57. The Balaban J connectivity index is 1.38. The zero-order valence-electron chi connectivity index (χ0n) is 16.8. The Hall–Kier alpha value is -2.09. The Labute approximate surface area is 183 Å². The van der Waals surface area contributed by atoms with Gasteiger partial charge < -0.3 is 9.80 Å². The molecule has 6 nitrogen and oxygen atoms in total. The summed E-state index contributed by atoms with van der Waals surface area (Å²) in [6.07, 6.45) is 1.43. The second-order valence-corrected chi connectivity index (χ2v) is 10.2. The molecule has 0 saturated carbocycles. The molecule has 2 heterocycles. The lowest BCUT2D eigenvalue weighted by atomic mass is 9.97. The average molecular weight is 448 g/mol. The average Bonchev–Trinajstić information content (AvgIpc) is 2.79. The summed E-state index contributed by atoms with van der Waals surface area (Å²) >= 11 is 6.09. The highest BCUT2D eigenvalue weighted by atomic mass is 35.5. The van der Waals surface area contributed by atoms with Crippen molar-refractivity contribution in [2.75, 3.05) is 44.2 Å². The van der Waals surface area contributed by atoms with Crippen molar-refractivity contribution < 1.29 is 13.2 Å². The number of amides is 1. The van der Waals surface area contributed by atoms with Gasteiger partial charge in [0.25, 0.3) is 0 Å². The molecule has 0 radical (unpaired) electrons. The van der Waals surface area contributed by atoms with Gasteiger partial charge in [-0.15, -0.1) is 0 Å². The SMILES string of the molecule is O=C(C1CCCN(S(=O)(=O)c2ccccc2)C1)N1CCN(c2cccc(Cl)c2)CC1. The number of benzene rings is 2. The monoisotopic (exact) mass is 447 g/mol. The fourth-order valence-corrected chi connectivity index (χ4v) is 5.95. The molecule has 2 aliphatic heterocycles. The summed E-state index contributed by atoms with van der Waals surface area (Å²) in [6.45, 7) is 3.46. The van der Waals surface area contributed by atoms with E-state index in [-0.39, 0.29) is 23.3 Å². The van der Waals surface area contributed by atoms with Crippen molar-refractivity contribution in [3.05, 3.63) is 59.6 Å². The number of anilines is 1. The van der Waals surface area contributed by atoms with E-state index in [4.69, 9.17) is 11.6 Å². The first-order chi connectivity index (χ1) is 14.4. The summed E-state index contributed by atoms with van der Waals surface area (Å²) in [4.78, 5) is 17.5. The van der Waals surface area contributed by atoms with Crippen LogP contribution in [0.3, 0.4) is 0 Å². The first kappa shape index (κ1) is 21.2. The van der Waals surface area contributed by atoms with Crippen LogP contribution in [0.1, 0.15) is 12.8 Å². The van der Waals surface area contributed by atoms with Crippen molar-refractivity contribution >= 4 is 33.2 Å². The first-order valence-corrected chi connectivity index (χ1v) is 12.1. The molecule has 2 aliphatic rings. The van der Waals surface area contributed by atoms with Crippen LogP contribution in [-0.2, 0) is 14.8 Å². The third-order valence-electron chi connectivity index (χ3n) is 5.88. The molecule has 1 atom stereocenters. The van der Waals surface area contributed by atoms with Gasteiger partial charge in [0, 0.05) is 50.0 Å². The number of nitrogens with zero attached hydrogens (tertiary/aromatic N) is 3. The molecule has 30 heavy (non-hydrogen) atoms. The number of hydrogen-bond donors (Lipinski definition) is 0. The van der Waals surface area contributed by atoms with Gasteiger partial charge in [-0.25, -0.2) is 8.42 Å². The van der Waals surface area contributed by atoms with Gasteiger partial charge in [-0.3, -0.25) is 4.79 Å². The lowest BCUT2D eigenvalue weighted by molar-refractivity contribution is -0.137. The number of carbonyl (C=O) groups excluding carboxylic acids is 1. The molecule has 0 N–H and O–H groups in total. The van der Waals surface area contributed by atoms with E-state index in [0.717, 1.165) is 25.2 Å². The molecule has 160 valence electrons. The third-order valence-corrected chi connectivity index (χ3v) is 7.99. The highest BCUT2D eigenvalue weighted by Crippen LogP contribution is 2.26. The maximum atomic E-state index is 13.1. The molecule has 4 rings (SSSR count). The Morgan fingerprint density at radius 1 is 0.933 bits per heavy atom. The summed E-state index contributed by atoms with van der Waals surface area (Å²) < 4.78 is 27.4. The van der Waals surface area contributed by atoms with E-state index in [9.17, 15) is 13.2 Å². The molecular weight excluding hydrogens is 422 g/mol. The van der Waals surface area contributed by atoms with E-state index in [0.29, 0.717) is 31.1 Å². The minimum atomic E-state index is -3.57. The molecule has 0 spiro atoms. The van der Waals surface area contributed by atoms with Crippen LogP contribution in [0, 0.1) is 5.92 Å². The van der Waals surface area contributed by atoms with Crippen LogP contribution in [0.25, 0.3) is 0 Å². The Morgan fingerprint density at radius 2 is 1.67 bits per heavy atom. The number of piperidine rings is 1. The van der Waals surface area contributed by atoms with Gasteiger partial charge in [0.15, 0.2) is 0 Å². The summed E-state index contributed by atoms with van der Waals surface area (Å²) in [5.74, 6) is -0.219. The maximum absolute atomic E-state index is 13.1. The Morgan fingerprint density at radius 3 is 2.37 bits per heavy atom. The number of rotatable bonds is 4. The predicted octanol–water partition coefficient (Wildman–Crippen LogP) is 3.09. The summed E-state index contributed by atoms with van der Waals surface area (Å²) in [5.41, 5.74) is 1.06. The molecule has 0 aliphatic carbocycles. The van der Waals surface area contributed by atoms with Gasteiger partial charge in [0.2, 0.25) is 15.9 Å². The summed E-state index contributed by atoms with van der Waals surface area (Å²) in [5, 5.41) is 0.702. The van der Waals surface area contributed by atoms with E-state index in [1.54, 1.807) is 30.3 Å². The molecule has 2 saturated heterocycles. The second kappa shape index (κ2) is 8.96. The molecule has 0 bridgehead atoms. The molecular formula is C22H26ClN3O3S. The number of hydrogen-bond acceptors (Lipinski definition) is 4. The van der Waals surface area contributed by atoms with Crippen molar-refractivity contribution in [2.24, 2.45) is 5.92 Å². The van der Waals surface area contributed by atoms with Crippen LogP contribution in [0.15, 0.2) is 59.5 Å². The molecule has 0 aromatic heterocycles. The lowest BCUT2D eigenvalue weighted by Crippen LogP contribution is -2.53. The van der Waals surface area contributed by atoms with E-state index >= 15 is 0 Å². The number of sulfonamides is 1. The normalized spacial score (nSPS) is 20.9. The predicted molar refractivity (Wildman–Crippen MR) is 118 cm³/mol. The fourth-order valence-electron chi connectivity index (χ4n) is 4.22. The highest BCUT2D eigenvalue weighted by Gasteiger charge is 2.35. The van der Waals surface area contributed by atoms with E-state index in [1.165, 1.54) is 4.31 Å². The number of carbonyl (C=O) groups is 1. The quantitative estimate of drug-likeness (QED) is 0.722. The van der Waals surface area contributed by atoms with Crippen LogP contribution >= 0.6 is 11.6 Å². The van der Waals surface area contributed by atoms with Crippen molar-refractivity contribution in [1.29, 1.82) is 0 Å². The zero-order valence-corrected chi connectivity index (χ0v) is 18.4. The van der Waals surface area contributed by atoms with Crippen LogP contribution in [0.5, 0.6) is 0 Å². The number of halogens is 1. The van der Waals surface area contributed by atoms with Gasteiger partial charge in [-0.2, -0.15) is 4.31 Å². The van der Waals surface area contributed by atoms with Crippen LogP contribution in [0.2, 0.25) is 5.02 Å². The minimum absolute atomic E-state index is 0.0636. The standard InChI is InChI=1S/C22H26ClN3O3S/c23-19-7-4-8-20(16-19)24-12-14-25(15-13-24)22(27)18-6-5-11-26(17-18)30(28,29)21-9-2-1-3-10-21/h1-4,7-10,16,18H,5-6,11-15,17H2. The molecule has 1 unspecified atom stereocenters. The minimum Gasteiger partial charge on any atom is -0.368 e. The highest BCUT2D eigenvalue weighted by molar-refractivity contribution is 7.89. The van der Waals surface area contributed by atoms with E-state index in [2.05, 4.69) is 4.90 Å². The largest absolute Gasteiger partial charge is 0.368 e. The van der Waals surface area contributed by atoms with Crippen LogP contribution in [0.4, 0.5) is 5.69 Å². The van der Waals surface area contributed by atoms with E-state index < -0.39 is 10.0 Å². The van der Waals surface area contributed by atoms with Gasteiger partial charge in [0.1, 0.15) is 0 Å². The van der Waals surface area contributed by atoms with Crippen LogP contribution in [-0.4, -0.2) is 62.8 Å². The van der Waals surface area contributed by atoms with Crippen molar-refractivity contribution in [2.45, 2.75) is 17.7 Å².